The zero-order valence-corrected chi connectivity index (χ0v) is 27.6. The number of anilines is 1. The minimum absolute atomic E-state index is 0.482. The second-order valence-electron chi connectivity index (χ2n) is 14.4. The first-order valence-electron chi connectivity index (χ1n) is 17.7. The van der Waals surface area contributed by atoms with Gasteiger partial charge < -0.3 is 19.4 Å². The van der Waals surface area contributed by atoms with Gasteiger partial charge in [0.15, 0.2) is 6.29 Å². The highest BCUT2D eigenvalue weighted by Crippen LogP contribution is 2.51. The number of carbonyl (C=O) groups excluding carboxylic acids is 1. The maximum atomic E-state index is 11.8. The van der Waals surface area contributed by atoms with Crippen molar-refractivity contribution in [3.8, 4) is 17.2 Å². The van der Waals surface area contributed by atoms with Crippen molar-refractivity contribution in [1.29, 1.82) is 0 Å². The molecule has 1 spiro atoms. The van der Waals surface area contributed by atoms with Crippen molar-refractivity contribution in [2.24, 2.45) is 5.41 Å². The Labute approximate surface area is 278 Å². The van der Waals surface area contributed by atoms with Crippen molar-refractivity contribution < 1.29 is 14.3 Å². The van der Waals surface area contributed by atoms with Gasteiger partial charge in [0.2, 0.25) is 0 Å². The van der Waals surface area contributed by atoms with Gasteiger partial charge in [-0.15, -0.1) is 0 Å². The molecule has 2 aliphatic heterocycles. The molecule has 0 bridgehead atoms. The minimum Gasteiger partial charge on any atom is -0.496 e. The van der Waals surface area contributed by atoms with Crippen LogP contribution in [-0.2, 0) is 6.54 Å². The monoisotopic (exact) mass is 633 g/mol. The summed E-state index contributed by atoms with van der Waals surface area (Å²) in [7, 11) is 1.83. The van der Waals surface area contributed by atoms with Gasteiger partial charge in [0, 0.05) is 75.2 Å². The molecule has 4 heterocycles. The Morgan fingerprint density at radius 3 is 2.51 bits per heavy atom. The summed E-state index contributed by atoms with van der Waals surface area (Å²) >= 11 is 0. The number of H-pyrrole nitrogens is 1. The molecule has 2 aromatic heterocycles. The molecule has 2 saturated heterocycles. The summed E-state index contributed by atoms with van der Waals surface area (Å²) in [6.07, 6.45) is 14.8. The summed E-state index contributed by atoms with van der Waals surface area (Å²) in [5.41, 5.74) is 5.76. The highest BCUT2D eigenvalue weighted by Gasteiger charge is 2.48. The number of aldehydes is 1. The second kappa shape index (κ2) is 13.0. The third kappa shape index (κ3) is 6.25. The smallest absolute Gasteiger partial charge is 0.153 e. The van der Waals surface area contributed by atoms with Gasteiger partial charge in [0.25, 0.3) is 0 Å². The van der Waals surface area contributed by atoms with Crippen LogP contribution in [0.5, 0.6) is 17.2 Å². The van der Waals surface area contributed by atoms with E-state index >= 15 is 0 Å². The number of hydrogen-bond acceptors (Lipinski definition) is 7. The number of fused-ring (bicyclic) bond motifs is 1. The molecule has 246 valence electrons. The van der Waals surface area contributed by atoms with Gasteiger partial charge in [-0.25, -0.2) is 4.98 Å². The third-order valence-electron chi connectivity index (χ3n) is 11.7. The Morgan fingerprint density at radius 2 is 1.74 bits per heavy atom. The van der Waals surface area contributed by atoms with E-state index in [1.165, 1.54) is 75.6 Å². The molecule has 2 aromatic carbocycles. The molecular weight excluding hydrogens is 586 g/mol. The van der Waals surface area contributed by atoms with E-state index in [1.54, 1.807) is 6.20 Å². The van der Waals surface area contributed by atoms with Crippen LogP contribution in [0.2, 0.25) is 0 Å². The van der Waals surface area contributed by atoms with Crippen molar-refractivity contribution in [2.45, 2.75) is 69.9 Å². The van der Waals surface area contributed by atoms with E-state index in [9.17, 15) is 4.79 Å². The Balaban J connectivity index is 0.820. The van der Waals surface area contributed by atoms with Gasteiger partial charge in [-0.05, 0) is 91.3 Å². The Kier molecular flexibility index (Phi) is 8.40. The molecule has 0 amide bonds. The highest BCUT2D eigenvalue weighted by atomic mass is 16.5. The Bertz CT molecular complexity index is 1700. The lowest BCUT2D eigenvalue weighted by Gasteiger charge is -2.56. The number of nitrogens with one attached hydrogen (secondary N) is 1. The molecule has 1 N–H and O–H groups in total. The number of carbonyl (C=O) groups is 1. The minimum atomic E-state index is 0.482. The summed E-state index contributed by atoms with van der Waals surface area (Å²) in [6, 6.07) is 17.6. The molecule has 2 aliphatic carbocycles. The molecule has 0 unspecified atom stereocenters. The van der Waals surface area contributed by atoms with E-state index in [1.807, 2.05) is 37.6 Å². The van der Waals surface area contributed by atoms with Crippen molar-refractivity contribution in [3.63, 3.8) is 0 Å². The SMILES string of the molecule is COc1cc(CN2CCN(C3CC4(CCN(c5ccc(C=O)c(Oc6cnc7[nH]ccc7c6)c5)CC4)C3)CC2)ccc1C1CCCC1. The van der Waals surface area contributed by atoms with Crippen LogP contribution in [-0.4, -0.2) is 78.5 Å². The molecule has 4 fully saturated rings. The largest absolute Gasteiger partial charge is 0.496 e. The summed E-state index contributed by atoms with van der Waals surface area (Å²) in [6.45, 7) is 7.71. The van der Waals surface area contributed by atoms with Crippen LogP contribution in [0.3, 0.4) is 0 Å². The Morgan fingerprint density at radius 1 is 0.936 bits per heavy atom. The van der Waals surface area contributed by atoms with Gasteiger partial charge in [0.1, 0.15) is 22.9 Å². The third-order valence-corrected chi connectivity index (χ3v) is 11.7. The summed E-state index contributed by atoms with van der Waals surface area (Å²) in [5, 5.41) is 0.981. The topological polar surface area (TPSA) is 73.9 Å². The standard InChI is InChI=1S/C39H47N5O3/c1-46-37-20-28(6-9-35(37)29-4-2-3-5-29)26-42-16-18-44(19-17-42)33-23-39(24-33)11-14-43(15-12-39)32-8-7-31(27-45)36(22-32)47-34-21-30-10-13-40-38(30)41-25-34/h6-10,13,20-22,25,27,29,33H,2-5,11-12,14-19,23-24,26H2,1H3,(H,40,41). The molecular formula is C39H47N5O3. The van der Waals surface area contributed by atoms with Crippen LogP contribution < -0.4 is 14.4 Å². The number of nitrogens with zero attached hydrogens (tertiary/aromatic N) is 4. The molecule has 8 heteroatoms. The van der Waals surface area contributed by atoms with Crippen LogP contribution in [0, 0.1) is 5.41 Å². The predicted octanol–water partition coefficient (Wildman–Crippen LogP) is 7.40. The van der Waals surface area contributed by atoms with Crippen LogP contribution in [0.15, 0.2) is 60.9 Å². The van der Waals surface area contributed by atoms with Gasteiger partial charge in [-0.2, -0.15) is 0 Å². The van der Waals surface area contributed by atoms with Crippen LogP contribution in [0.4, 0.5) is 5.69 Å². The highest BCUT2D eigenvalue weighted by molar-refractivity contribution is 5.81. The molecule has 8 rings (SSSR count). The average Bonchev–Trinajstić information content (AvgIpc) is 3.80. The van der Waals surface area contributed by atoms with E-state index in [4.69, 9.17) is 9.47 Å². The fraction of sp³-hybridized carbons (Fsp3) is 0.487. The lowest BCUT2D eigenvalue weighted by atomic mass is 9.60. The maximum Gasteiger partial charge on any atom is 0.153 e. The number of aromatic amines is 1. The predicted molar refractivity (Wildman–Crippen MR) is 186 cm³/mol. The number of pyridine rings is 1. The zero-order valence-electron chi connectivity index (χ0n) is 27.6. The fourth-order valence-corrected chi connectivity index (χ4v) is 8.83. The van der Waals surface area contributed by atoms with Crippen LogP contribution in [0.1, 0.15) is 78.8 Å². The van der Waals surface area contributed by atoms with E-state index < -0.39 is 0 Å². The molecule has 2 saturated carbocycles. The van der Waals surface area contributed by atoms with Crippen molar-refractivity contribution >= 4 is 23.0 Å². The number of ether oxygens (including phenoxy) is 2. The van der Waals surface area contributed by atoms with Crippen molar-refractivity contribution in [3.05, 3.63) is 77.6 Å². The summed E-state index contributed by atoms with van der Waals surface area (Å²) in [4.78, 5) is 27.2. The van der Waals surface area contributed by atoms with E-state index in [-0.39, 0.29) is 0 Å². The van der Waals surface area contributed by atoms with E-state index in [2.05, 4.69) is 48.9 Å². The lowest BCUT2D eigenvalue weighted by Crippen LogP contribution is -2.59. The number of methoxy groups -OCH3 is 1. The Hall–Kier alpha value is -3.88. The molecule has 0 radical (unpaired) electrons. The van der Waals surface area contributed by atoms with Gasteiger partial charge in [0.05, 0.1) is 18.9 Å². The number of hydrogen-bond donors (Lipinski definition) is 1. The number of piperidine rings is 1. The molecule has 4 aromatic rings. The number of piperazine rings is 1. The normalized spacial score (nSPS) is 20.9. The van der Waals surface area contributed by atoms with Gasteiger partial charge >= 0.3 is 0 Å². The number of rotatable bonds is 9. The number of benzene rings is 2. The van der Waals surface area contributed by atoms with Gasteiger partial charge in [-0.1, -0.05) is 25.0 Å². The average molecular weight is 634 g/mol. The second-order valence-corrected chi connectivity index (χ2v) is 14.4. The van der Waals surface area contributed by atoms with Crippen LogP contribution in [0.25, 0.3) is 11.0 Å². The summed E-state index contributed by atoms with van der Waals surface area (Å²) in [5.74, 6) is 2.98. The molecule has 0 atom stereocenters. The quantitative estimate of drug-likeness (QED) is 0.193. The first kappa shape index (κ1) is 30.5. The zero-order chi connectivity index (χ0) is 31.8. The van der Waals surface area contributed by atoms with E-state index in [0.717, 1.165) is 67.5 Å². The van der Waals surface area contributed by atoms with E-state index in [0.29, 0.717) is 28.4 Å². The number of aromatic nitrogens is 2. The van der Waals surface area contributed by atoms with Crippen molar-refractivity contribution in [2.75, 3.05) is 51.3 Å². The first-order chi connectivity index (χ1) is 23.1. The molecule has 47 heavy (non-hydrogen) atoms. The molecule has 4 aliphatic rings. The van der Waals surface area contributed by atoms with Crippen molar-refractivity contribution in [1.82, 2.24) is 19.8 Å². The molecule has 8 nitrogen and oxygen atoms in total. The first-order valence-corrected chi connectivity index (χ1v) is 17.7. The van der Waals surface area contributed by atoms with Gasteiger partial charge in [-0.3, -0.25) is 14.6 Å². The summed E-state index contributed by atoms with van der Waals surface area (Å²) < 4.78 is 12.0. The lowest BCUT2D eigenvalue weighted by molar-refractivity contribution is -0.0355. The maximum absolute atomic E-state index is 11.8. The fourth-order valence-electron chi connectivity index (χ4n) is 8.83. The van der Waals surface area contributed by atoms with Crippen LogP contribution >= 0.6 is 0 Å².